The molecule has 0 fully saturated rings. The molecule has 1 amide bonds. The molecular formula is C16H15N5O. The zero-order valence-corrected chi connectivity index (χ0v) is 12.1. The highest BCUT2D eigenvalue weighted by atomic mass is 16.2. The Hall–Kier alpha value is -3.02. The Labute approximate surface area is 128 Å². The van der Waals surface area contributed by atoms with E-state index < -0.39 is 0 Å². The predicted molar refractivity (Wildman–Crippen MR) is 81.4 cm³/mol. The van der Waals surface area contributed by atoms with Crippen molar-refractivity contribution in [3.05, 3.63) is 72.7 Å². The van der Waals surface area contributed by atoms with Crippen LogP contribution < -0.4 is 0 Å². The summed E-state index contributed by atoms with van der Waals surface area (Å²) in [7, 11) is 1.76. The molecule has 0 spiro atoms. The van der Waals surface area contributed by atoms with Crippen molar-refractivity contribution >= 4 is 5.91 Å². The minimum Gasteiger partial charge on any atom is -0.337 e. The average molecular weight is 293 g/mol. The van der Waals surface area contributed by atoms with Crippen LogP contribution in [0.2, 0.25) is 0 Å². The number of rotatable bonds is 4. The van der Waals surface area contributed by atoms with E-state index >= 15 is 0 Å². The zero-order valence-electron chi connectivity index (χ0n) is 12.1. The standard InChI is InChI=1S/C16H15N5O/c1-20(11-13-3-2-6-17-9-13)16(22)14-4-5-15(19-10-14)21-8-7-18-12-21/h2-10,12H,11H2,1H3. The van der Waals surface area contributed by atoms with Gasteiger partial charge in [-0.25, -0.2) is 9.97 Å². The quantitative estimate of drug-likeness (QED) is 0.737. The second-order valence-electron chi connectivity index (χ2n) is 4.90. The molecule has 22 heavy (non-hydrogen) atoms. The van der Waals surface area contributed by atoms with Gasteiger partial charge in [-0.05, 0) is 23.8 Å². The van der Waals surface area contributed by atoms with Crippen molar-refractivity contribution in [2.75, 3.05) is 7.05 Å². The number of imidazole rings is 1. The Bertz CT molecular complexity index is 738. The van der Waals surface area contributed by atoms with Gasteiger partial charge < -0.3 is 4.90 Å². The highest BCUT2D eigenvalue weighted by Crippen LogP contribution is 2.09. The predicted octanol–water partition coefficient (Wildman–Crippen LogP) is 1.93. The van der Waals surface area contributed by atoms with Gasteiger partial charge in [-0.2, -0.15) is 0 Å². The van der Waals surface area contributed by atoms with Crippen molar-refractivity contribution in [2.24, 2.45) is 0 Å². The first kappa shape index (κ1) is 13.9. The number of carbonyl (C=O) groups excluding carboxylic acids is 1. The van der Waals surface area contributed by atoms with E-state index in [-0.39, 0.29) is 5.91 Å². The molecule has 0 bridgehead atoms. The maximum atomic E-state index is 12.4. The SMILES string of the molecule is CN(Cc1cccnc1)C(=O)c1ccc(-n2ccnc2)nc1. The van der Waals surface area contributed by atoms with Crippen molar-refractivity contribution in [2.45, 2.75) is 6.54 Å². The Morgan fingerprint density at radius 1 is 1.18 bits per heavy atom. The fourth-order valence-electron chi connectivity index (χ4n) is 2.12. The van der Waals surface area contributed by atoms with Gasteiger partial charge in [0, 0.05) is 44.6 Å². The molecule has 0 N–H and O–H groups in total. The maximum Gasteiger partial charge on any atom is 0.255 e. The highest BCUT2D eigenvalue weighted by Gasteiger charge is 2.12. The van der Waals surface area contributed by atoms with Gasteiger partial charge >= 0.3 is 0 Å². The van der Waals surface area contributed by atoms with Crippen molar-refractivity contribution in [1.29, 1.82) is 0 Å². The van der Waals surface area contributed by atoms with Gasteiger partial charge in [-0.3, -0.25) is 14.3 Å². The molecule has 0 aliphatic rings. The van der Waals surface area contributed by atoms with Gasteiger partial charge in [0.15, 0.2) is 0 Å². The third-order valence-corrected chi connectivity index (χ3v) is 3.25. The highest BCUT2D eigenvalue weighted by molar-refractivity contribution is 5.93. The minimum atomic E-state index is -0.0754. The van der Waals surface area contributed by atoms with Crippen LogP contribution in [0.15, 0.2) is 61.6 Å². The summed E-state index contributed by atoms with van der Waals surface area (Å²) in [6.07, 6.45) is 10.2. The molecule has 3 rings (SSSR count). The lowest BCUT2D eigenvalue weighted by molar-refractivity contribution is 0.0784. The van der Waals surface area contributed by atoms with Gasteiger partial charge in [0.25, 0.3) is 5.91 Å². The lowest BCUT2D eigenvalue weighted by Crippen LogP contribution is -2.26. The molecule has 0 saturated carbocycles. The van der Waals surface area contributed by atoms with E-state index in [1.165, 1.54) is 0 Å². The monoisotopic (exact) mass is 293 g/mol. The van der Waals surface area contributed by atoms with Crippen LogP contribution in [-0.4, -0.2) is 37.4 Å². The van der Waals surface area contributed by atoms with Crippen LogP contribution in [0.1, 0.15) is 15.9 Å². The van der Waals surface area contributed by atoms with Crippen molar-refractivity contribution in [3.63, 3.8) is 0 Å². The second-order valence-corrected chi connectivity index (χ2v) is 4.90. The Balaban J connectivity index is 1.72. The summed E-state index contributed by atoms with van der Waals surface area (Å²) in [6.45, 7) is 0.510. The first-order valence-electron chi connectivity index (χ1n) is 6.83. The number of hydrogen-bond acceptors (Lipinski definition) is 4. The molecular weight excluding hydrogens is 278 g/mol. The molecule has 3 aromatic heterocycles. The summed E-state index contributed by atoms with van der Waals surface area (Å²) in [5, 5.41) is 0. The topological polar surface area (TPSA) is 63.9 Å². The number of carbonyl (C=O) groups is 1. The smallest absolute Gasteiger partial charge is 0.255 e. The lowest BCUT2D eigenvalue weighted by atomic mass is 10.2. The van der Waals surface area contributed by atoms with Crippen molar-refractivity contribution in [1.82, 2.24) is 24.4 Å². The van der Waals surface area contributed by atoms with E-state index in [2.05, 4.69) is 15.0 Å². The molecule has 0 aliphatic heterocycles. The summed E-state index contributed by atoms with van der Waals surface area (Å²) >= 11 is 0. The fourth-order valence-corrected chi connectivity index (χ4v) is 2.12. The summed E-state index contributed by atoms with van der Waals surface area (Å²) in [6, 6.07) is 7.36. The Morgan fingerprint density at radius 2 is 2.09 bits per heavy atom. The van der Waals surface area contributed by atoms with Crippen LogP contribution in [0, 0.1) is 0 Å². The molecule has 3 heterocycles. The summed E-state index contributed by atoms with van der Waals surface area (Å²) in [4.78, 5) is 26.4. The molecule has 0 aliphatic carbocycles. The largest absolute Gasteiger partial charge is 0.337 e. The molecule has 0 atom stereocenters. The Morgan fingerprint density at radius 3 is 2.73 bits per heavy atom. The van der Waals surface area contributed by atoms with Gasteiger partial charge in [-0.15, -0.1) is 0 Å². The van der Waals surface area contributed by atoms with Crippen LogP contribution in [0.25, 0.3) is 5.82 Å². The molecule has 0 radical (unpaired) electrons. The lowest BCUT2D eigenvalue weighted by Gasteiger charge is -2.17. The van der Waals surface area contributed by atoms with Crippen LogP contribution in [0.5, 0.6) is 0 Å². The van der Waals surface area contributed by atoms with E-state index in [4.69, 9.17) is 0 Å². The van der Waals surface area contributed by atoms with E-state index in [0.29, 0.717) is 12.1 Å². The van der Waals surface area contributed by atoms with Crippen LogP contribution >= 0.6 is 0 Å². The first-order valence-corrected chi connectivity index (χ1v) is 6.83. The number of amides is 1. The van der Waals surface area contributed by atoms with Gasteiger partial charge in [0.2, 0.25) is 0 Å². The second kappa shape index (κ2) is 6.17. The molecule has 110 valence electrons. The van der Waals surface area contributed by atoms with E-state index in [0.717, 1.165) is 11.4 Å². The average Bonchev–Trinajstić information content (AvgIpc) is 3.10. The molecule has 6 nitrogen and oxygen atoms in total. The van der Waals surface area contributed by atoms with Gasteiger partial charge in [-0.1, -0.05) is 6.07 Å². The Kier molecular flexibility index (Phi) is 3.91. The summed E-state index contributed by atoms with van der Waals surface area (Å²) in [5.41, 5.74) is 1.54. The molecule has 3 aromatic rings. The zero-order chi connectivity index (χ0) is 15.4. The maximum absolute atomic E-state index is 12.4. The van der Waals surface area contributed by atoms with E-state index in [9.17, 15) is 4.79 Å². The molecule has 6 heteroatoms. The minimum absolute atomic E-state index is 0.0754. The number of pyridine rings is 2. The van der Waals surface area contributed by atoms with Gasteiger partial charge in [0.05, 0.1) is 5.56 Å². The van der Waals surface area contributed by atoms with E-state index in [1.807, 2.05) is 12.1 Å². The third kappa shape index (κ3) is 3.01. The number of hydrogen-bond donors (Lipinski definition) is 0. The van der Waals surface area contributed by atoms with E-state index in [1.54, 1.807) is 66.0 Å². The normalized spacial score (nSPS) is 10.4. The van der Waals surface area contributed by atoms with Crippen LogP contribution in [0.4, 0.5) is 0 Å². The summed E-state index contributed by atoms with van der Waals surface area (Å²) < 4.78 is 1.79. The van der Waals surface area contributed by atoms with Crippen LogP contribution in [0.3, 0.4) is 0 Å². The third-order valence-electron chi connectivity index (χ3n) is 3.25. The number of nitrogens with zero attached hydrogens (tertiary/aromatic N) is 5. The number of aromatic nitrogens is 4. The molecule has 0 saturated heterocycles. The molecule has 0 aromatic carbocycles. The molecule has 0 unspecified atom stereocenters. The van der Waals surface area contributed by atoms with Crippen LogP contribution in [-0.2, 0) is 6.54 Å². The fraction of sp³-hybridized carbons (Fsp3) is 0.125. The van der Waals surface area contributed by atoms with Crippen molar-refractivity contribution in [3.8, 4) is 5.82 Å². The van der Waals surface area contributed by atoms with Crippen molar-refractivity contribution < 1.29 is 4.79 Å². The first-order chi connectivity index (χ1) is 10.7. The summed E-state index contributed by atoms with van der Waals surface area (Å²) in [5.74, 6) is 0.650. The van der Waals surface area contributed by atoms with Gasteiger partial charge in [0.1, 0.15) is 12.1 Å².